The number of aliphatic hydroxyl groups is 1. The molecule has 1 heterocycles. The first-order valence-electron chi connectivity index (χ1n) is 9.64. The standard InChI is InChI=1S/C20H32N4O3/c1-4-6-16(13-25)23-19-18(12-22-20(21)24-19)27-10-5-7-15-8-9-17(26-3)11-14(15)2/h8-9,11-12,14-16,25H,4-7,10,13H2,1-3H3,(H3,21,22,23,24)/t14?,15?,16-/m0/s1. The average Bonchev–Trinajstić information content (AvgIpc) is 2.67. The second kappa shape index (κ2) is 10.8. The molecule has 0 fully saturated rings. The van der Waals surface area contributed by atoms with Gasteiger partial charge in [-0.25, -0.2) is 4.98 Å². The van der Waals surface area contributed by atoms with Gasteiger partial charge in [0.2, 0.25) is 5.95 Å². The zero-order chi connectivity index (χ0) is 19.6. The highest BCUT2D eigenvalue weighted by Crippen LogP contribution is 2.28. The summed E-state index contributed by atoms with van der Waals surface area (Å²) in [5.74, 6) is 3.13. The van der Waals surface area contributed by atoms with Gasteiger partial charge in [-0.2, -0.15) is 4.98 Å². The second-order valence-electron chi connectivity index (χ2n) is 6.90. The Morgan fingerprint density at radius 1 is 1.41 bits per heavy atom. The molecular weight excluding hydrogens is 344 g/mol. The molecule has 150 valence electrons. The minimum atomic E-state index is -0.0818. The summed E-state index contributed by atoms with van der Waals surface area (Å²) in [4.78, 5) is 8.25. The van der Waals surface area contributed by atoms with Crippen LogP contribution in [0.3, 0.4) is 0 Å². The van der Waals surface area contributed by atoms with Crippen LogP contribution in [-0.2, 0) is 4.74 Å². The fourth-order valence-corrected chi connectivity index (χ4v) is 3.17. The Bertz CT molecular complexity index is 648. The molecule has 0 bridgehead atoms. The van der Waals surface area contributed by atoms with Crippen molar-refractivity contribution in [2.75, 3.05) is 31.4 Å². The predicted molar refractivity (Wildman–Crippen MR) is 107 cm³/mol. The summed E-state index contributed by atoms with van der Waals surface area (Å²) >= 11 is 0. The van der Waals surface area contributed by atoms with E-state index < -0.39 is 0 Å². The molecule has 1 aromatic heterocycles. The van der Waals surface area contributed by atoms with Gasteiger partial charge in [-0.1, -0.05) is 26.3 Å². The molecule has 7 nitrogen and oxygen atoms in total. The van der Waals surface area contributed by atoms with E-state index in [1.807, 2.05) is 6.08 Å². The SMILES string of the molecule is CCC[C@@H](CO)Nc1nc(N)ncc1OCCCC1C=CC(OC)=CC1C. The molecular formula is C20H32N4O3. The normalized spacial score (nSPS) is 20.1. The van der Waals surface area contributed by atoms with E-state index in [1.54, 1.807) is 13.3 Å². The van der Waals surface area contributed by atoms with Gasteiger partial charge in [-0.15, -0.1) is 0 Å². The molecule has 0 saturated carbocycles. The highest BCUT2D eigenvalue weighted by molar-refractivity contribution is 5.51. The van der Waals surface area contributed by atoms with Gasteiger partial charge >= 0.3 is 0 Å². The Balaban J connectivity index is 1.87. The number of rotatable bonds is 11. The van der Waals surface area contributed by atoms with E-state index in [0.717, 1.165) is 31.4 Å². The van der Waals surface area contributed by atoms with E-state index in [1.165, 1.54) is 0 Å². The number of nitrogens with one attached hydrogen (secondary N) is 1. The van der Waals surface area contributed by atoms with Crippen molar-refractivity contribution in [3.63, 3.8) is 0 Å². The molecule has 0 spiro atoms. The third-order valence-electron chi connectivity index (χ3n) is 4.76. The number of hydrogen-bond acceptors (Lipinski definition) is 7. The summed E-state index contributed by atoms with van der Waals surface area (Å²) in [7, 11) is 1.69. The lowest BCUT2D eigenvalue weighted by Gasteiger charge is -2.22. The molecule has 1 aliphatic carbocycles. The molecule has 3 atom stereocenters. The summed E-state index contributed by atoms with van der Waals surface area (Å²) in [5, 5.41) is 12.7. The number of allylic oxidation sites excluding steroid dienone is 3. The van der Waals surface area contributed by atoms with Crippen LogP contribution in [-0.4, -0.2) is 41.4 Å². The molecule has 1 aliphatic rings. The van der Waals surface area contributed by atoms with Gasteiger partial charge in [0.15, 0.2) is 11.6 Å². The van der Waals surface area contributed by atoms with Gasteiger partial charge in [0.25, 0.3) is 0 Å². The quantitative estimate of drug-likeness (QED) is 0.510. The Morgan fingerprint density at radius 3 is 2.89 bits per heavy atom. The second-order valence-corrected chi connectivity index (χ2v) is 6.90. The van der Waals surface area contributed by atoms with E-state index in [4.69, 9.17) is 15.2 Å². The van der Waals surface area contributed by atoms with Crippen molar-refractivity contribution in [1.29, 1.82) is 0 Å². The number of aromatic nitrogens is 2. The molecule has 0 amide bonds. The maximum Gasteiger partial charge on any atom is 0.222 e. The van der Waals surface area contributed by atoms with Gasteiger partial charge in [0.1, 0.15) is 5.76 Å². The largest absolute Gasteiger partial charge is 0.497 e. The van der Waals surface area contributed by atoms with Gasteiger partial charge in [0, 0.05) is 0 Å². The number of ether oxygens (including phenoxy) is 2. The Hall–Kier alpha value is -2.28. The van der Waals surface area contributed by atoms with Gasteiger partial charge in [-0.05, 0) is 43.3 Å². The maximum atomic E-state index is 9.50. The zero-order valence-electron chi connectivity index (χ0n) is 16.5. The lowest BCUT2D eigenvalue weighted by atomic mass is 9.86. The molecule has 4 N–H and O–H groups in total. The zero-order valence-corrected chi connectivity index (χ0v) is 16.5. The van der Waals surface area contributed by atoms with E-state index in [0.29, 0.717) is 30.0 Å². The summed E-state index contributed by atoms with van der Waals surface area (Å²) < 4.78 is 11.2. The summed E-state index contributed by atoms with van der Waals surface area (Å²) in [5.41, 5.74) is 5.71. The van der Waals surface area contributed by atoms with Crippen LogP contribution >= 0.6 is 0 Å². The number of nitrogens with zero attached hydrogens (tertiary/aromatic N) is 2. The van der Waals surface area contributed by atoms with Crippen molar-refractivity contribution in [2.24, 2.45) is 11.8 Å². The van der Waals surface area contributed by atoms with E-state index in [-0.39, 0.29) is 18.6 Å². The van der Waals surface area contributed by atoms with E-state index in [9.17, 15) is 5.11 Å². The van der Waals surface area contributed by atoms with Crippen LogP contribution in [0.15, 0.2) is 30.2 Å². The molecule has 1 aromatic rings. The van der Waals surface area contributed by atoms with E-state index in [2.05, 4.69) is 41.3 Å². The summed E-state index contributed by atoms with van der Waals surface area (Å²) in [6, 6.07) is -0.0818. The molecule has 0 aromatic carbocycles. The van der Waals surface area contributed by atoms with Gasteiger partial charge in [0.05, 0.1) is 32.6 Å². The first-order valence-corrected chi connectivity index (χ1v) is 9.64. The van der Waals surface area contributed by atoms with Crippen molar-refractivity contribution in [1.82, 2.24) is 9.97 Å². The molecule has 0 saturated heterocycles. The number of methoxy groups -OCH3 is 1. The number of aliphatic hydroxyl groups excluding tert-OH is 1. The predicted octanol–water partition coefficient (Wildman–Crippen LogP) is 3.14. The summed E-state index contributed by atoms with van der Waals surface area (Å²) in [6.45, 7) is 4.87. The fraction of sp³-hybridized carbons (Fsp3) is 0.600. The van der Waals surface area contributed by atoms with Gasteiger partial charge < -0.3 is 25.6 Å². The maximum absolute atomic E-state index is 9.50. The molecule has 2 rings (SSSR count). The van der Waals surface area contributed by atoms with Crippen molar-refractivity contribution in [3.05, 3.63) is 30.2 Å². The molecule has 0 radical (unpaired) electrons. The number of hydrogen-bond donors (Lipinski definition) is 3. The van der Waals surface area contributed by atoms with Crippen molar-refractivity contribution in [3.8, 4) is 5.75 Å². The molecule has 7 heteroatoms. The van der Waals surface area contributed by atoms with Crippen molar-refractivity contribution in [2.45, 2.75) is 45.6 Å². The van der Waals surface area contributed by atoms with Crippen LogP contribution in [0, 0.1) is 11.8 Å². The smallest absolute Gasteiger partial charge is 0.222 e. The van der Waals surface area contributed by atoms with Crippen LogP contribution in [0.4, 0.5) is 11.8 Å². The lowest BCUT2D eigenvalue weighted by Crippen LogP contribution is -2.24. The number of nitrogens with two attached hydrogens (primary N) is 1. The monoisotopic (exact) mass is 376 g/mol. The first kappa shape index (κ1) is 21.0. The minimum absolute atomic E-state index is 0.0278. The van der Waals surface area contributed by atoms with Crippen molar-refractivity contribution >= 4 is 11.8 Å². The van der Waals surface area contributed by atoms with Crippen LogP contribution in [0.1, 0.15) is 39.5 Å². The minimum Gasteiger partial charge on any atom is -0.497 e. The highest BCUT2D eigenvalue weighted by Gasteiger charge is 2.17. The van der Waals surface area contributed by atoms with Crippen molar-refractivity contribution < 1.29 is 14.6 Å². The lowest BCUT2D eigenvalue weighted by molar-refractivity contribution is 0.265. The van der Waals surface area contributed by atoms with Crippen LogP contribution < -0.4 is 15.8 Å². The van der Waals surface area contributed by atoms with Crippen LogP contribution in [0.25, 0.3) is 0 Å². The summed E-state index contributed by atoms with van der Waals surface area (Å²) in [6.07, 6.45) is 11.7. The third kappa shape index (κ3) is 6.43. The number of nitrogen functional groups attached to an aromatic ring is 1. The average molecular weight is 377 g/mol. The Morgan fingerprint density at radius 2 is 2.22 bits per heavy atom. The van der Waals surface area contributed by atoms with Gasteiger partial charge in [-0.3, -0.25) is 0 Å². The topological polar surface area (TPSA) is 103 Å². The van der Waals surface area contributed by atoms with E-state index >= 15 is 0 Å². The van der Waals surface area contributed by atoms with Crippen LogP contribution in [0.5, 0.6) is 5.75 Å². The Labute approximate surface area is 161 Å². The molecule has 27 heavy (non-hydrogen) atoms. The third-order valence-corrected chi connectivity index (χ3v) is 4.76. The molecule has 2 unspecified atom stereocenters. The number of anilines is 2. The van der Waals surface area contributed by atoms with Crippen LogP contribution in [0.2, 0.25) is 0 Å². The first-order chi connectivity index (χ1) is 13.1. The fourth-order valence-electron chi connectivity index (χ4n) is 3.17. The Kier molecular flexibility index (Phi) is 8.39. The highest BCUT2D eigenvalue weighted by atomic mass is 16.5. The molecule has 0 aliphatic heterocycles.